The van der Waals surface area contributed by atoms with Gasteiger partial charge in [0.25, 0.3) is 5.91 Å². The van der Waals surface area contributed by atoms with Crippen LogP contribution in [0.5, 0.6) is 0 Å². The van der Waals surface area contributed by atoms with E-state index in [0.29, 0.717) is 18.0 Å². The van der Waals surface area contributed by atoms with Crippen LogP contribution in [-0.2, 0) is 0 Å². The number of pyridine rings is 1. The molecule has 6 nitrogen and oxygen atoms in total. The number of aromatic nitrogens is 3. The van der Waals surface area contributed by atoms with Crippen molar-refractivity contribution in [3.63, 3.8) is 0 Å². The quantitative estimate of drug-likeness (QED) is 0.606. The fourth-order valence-electron chi connectivity index (χ4n) is 4.12. The largest absolute Gasteiger partial charge is 0.338 e. The van der Waals surface area contributed by atoms with E-state index in [1.807, 2.05) is 52.9 Å². The first-order chi connectivity index (χ1) is 14.0. The fourth-order valence-corrected chi connectivity index (χ4v) is 4.12. The molecular formula is C23H31Cl2N5O. The SMILES string of the molecule is CC(N)C1CCCN(C(=O)c2cc(-c3ccccc3)nc3c2cnn3C(C)C)C1.Cl.Cl. The Bertz CT molecular complexity index is 1020. The number of benzene rings is 1. The van der Waals surface area contributed by atoms with Crippen molar-refractivity contribution in [1.82, 2.24) is 19.7 Å². The molecule has 4 rings (SSSR count). The molecule has 0 radical (unpaired) electrons. The Kier molecular flexibility index (Phi) is 8.46. The number of amides is 1. The van der Waals surface area contributed by atoms with Gasteiger partial charge in [0.2, 0.25) is 0 Å². The fraction of sp³-hybridized carbons (Fsp3) is 0.435. The van der Waals surface area contributed by atoms with Crippen molar-refractivity contribution in [3.05, 3.63) is 48.2 Å². The lowest BCUT2D eigenvalue weighted by atomic mass is 9.91. The van der Waals surface area contributed by atoms with E-state index in [9.17, 15) is 4.79 Å². The Balaban J connectivity index is 0.00000171. The second-order valence-corrected chi connectivity index (χ2v) is 8.35. The molecular weight excluding hydrogens is 433 g/mol. The molecule has 31 heavy (non-hydrogen) atoms. The number of fused-ring (bicyclic) bond motifs is 1. The number of hydrogen-bond donors (Lipinski definition) is 1. The van der Waals surface area contributed by atoms with Crippen LogP contribution in [0.2, 0.25) is 0 Å². The molecule has 1 aliphatic heterocycles. The van der Waals surface area contributed by atoms with Gasteiger partial charge in [-0.05, 0) is 45.6 Å². The van der Waals surface area contributed by atoms with Crippen LogP contribution in [-0.4, -0.2) is 44.7 Å². The van der Waals surface area contributed by atoms with Gasteiger partial charge in [-0.2, -0.15) is 5.10 Å². The number of hydrogen-bond acceptors (Lipinski definition) is 4. The summed E-state index contributed by atoms with van der Waals surface area (Å²) in [5.74, 6) is 0.389. The van der Waals surface area contributed by atoms with Crippen LogP contribution < -0.4 is 5.73 Å². The lowest BCUT2D eigenvalue weighted by Gasteiger charge is -2.34. The first-order valence-electron chi connectivity index (χ1n) is 10.4. The molecule has 0 saturated carbocycles. The summed E-state index contributed by atoms with van der Waals surface area (Å²) in [4.78, 5) is 20.4. The molecule has 1 aliphatic rings. The predicted octanol–water partition coefficient (Wildman–Crippen LogP) is 4.72. The maximum atomic E-state index is 13.6. The van der Waals surface area contributed by atoms with E-state index in [2.05, 4.69) is 18.9 Å². The molecule has 1 saturated heterocycles. The highest BCUT2D eigenvalue weighted by molar-refractivity contribution is 6.06. The molecule has 2 unspecified atom stereocenters. The molecule has 0 spiro atoms. The molecule has 0 aliphatic carbocycles. The van der Waals surface area contributed by atoms with E-state index in [0.717, 1.165) is 41.7 Å². The van der Waals surface area contributed by atoms with Gasteiger partial charge in [-0.15, -0.1) is 24.8 Å². The molecule has 1 aromatic carbocycles. The summed E-state index contributed by atoms with van der Waals surface area (Å²) in [6.07, 6.45) is 3.84. The van der Waals surface area contributed by atoms with Gasteiger partial charge >= 0.3 is 0 Å². The van der Waals surface area contributed by atoms with Crippen molar-refractivity contribution >= 4 is 41.8 Å². The predicted molar refractivity (Wildman–Crippen MR) is 130 cm³/mol. The minimum atomic E-state index is 0. The molecule has 1 amide bonds. The zero-order chi connectivity index (χ0) is 20.5. The number of nitrogens with two attached hydrogens (primary N) is 1. The normalized spacial score (nSPS) is 17.2. The molecule has 2 atom stereocenters. The standard InChI is InChI=1S/C23H29N5O.2ClH/c1-15(2)28-22-20(13-25-28)19(12-21(26-22)17-8-5-4-6-9-17)23(29)27-11-7-10-18(14-27)16(3)24;;/h4-6,8-9,12-13,15-16,18H,7,10-11,14,24H2,1-3H3;2*1H. The summed E-state index contributed by atoms with van der Waals surface area (Å²) in [6.45, 7) is 7.65. The molecule has 168 valence electrons. The molecule has 3 aromatic rings. The van der Waals surface area contributed by atoms with Gasteiger partial charge in [-0.25, -0.2) is 9.67 Å². The van der Waals surface area contributed by atoms with Crippen LogP contribution in [0.3, 0.4) is 0 Å². The van der Waals surface area contributed by atoms with E-state index in [1.54, 1.807) is 6.20 Å². The minimum Gasteiger partial charge on any atom is -0.338 e. The number of piperidine rings is 1. The highest BCUT2D eigenvalue weighted by Gasteiger charge is 2.28. The van der Waals surface area contributed by atoms with Crippen molar-refractivity contribution in [2.45, 2.75) is 45.7 Å². The van der Waals surface area contributed by atoms with Gasteiger partial charge < -0.3 is 10.6 Å². The number of halogens is 2. The minimum absolute atomic E-state index is 0. The molecule has 0 bridgehead atoms. The lowest BCUT2D eigenvalue weighted by molar-refractivity contribution is 0.0663. The van der Waals surface area contributed by atoms with Gasteiger partial charge in [0.1, 0.15) is 0 Å². The van der Waals surface area contributed by atoms with Crippen LogP contribution in [0.25, 0.3) is 22.3 Å². The van der Waals surface area contributed by atoms with Crippen molar-refractivity contribution in [2.75, 3.05) is 13.1 Å². The lowest BCUT2D eigenvalue weighted by Crippen LogP contribution is -2.45. The second-order valence-electron chi connectivity index (χ2n) is 8.35. The Morgan fingerprint density at radius 1 is 1.16 bits per heavy atom. The monoisotopic (exact) mass is 463 g/mol. The number of rotatable bonds is 4. The summed E-state index contributed by atoms with van der Waals surface area (Å²) in [5.41, 5.74) is 9.35. The molecule has 2 N–H and O–H groups in total. The third kappa shape index (κ3) is 5.03. The van der Waals surface area contributed by atoms with Gasteiger partial charge in [0, 0.05) is 30.7 Å². The number of nitrogens with zero attached hydrogens (tertiary/aromatic N) is 4. The average Bonchev–Trinajstić information content (AvgIpc) is 3.17. The van der Waals surface area contributed by atoms with Crippen LogP contribution in [0.15, 0.2) is 42.6 Å². The van der Waals surface area contributed by atoms with Crippen LogP contribution in [0.4, 0.5) is 0 Å². The zero-order valence-corrected chi connectivity index (χ0v) is 19.8. The highest BCUT2D eigenvalue weighted by atomic mass is 35.5. The van der Waals surface area contributed by atoms with Crippen LogP contribution >= 0.6 is 24.8 Å². The Hall–Kier alpha value is -2.15. The molecule has 3 heterocycles. The third-order valence-corrected chi connectivity index (χ3v) is 5.84. The second kappa shape index (κ2) is 10.4. The van der Waals surface area contributed by atoms with Gasteiger partial charge in [0.05, 0.1) is 22.8 Å². The van der Waals surface area contributed by atoms with Gasteiger partial charge in [0.15, 0.2) is 5.65 Å². The Labute approximate surface area is 196 Å². The van der Waals surface area contributed by atoms with E-state index in [4.69, 9.17) is 10.7 Å². The van der Waals surface area contributed by atoms with Crippen molar-refractivity contribution in [2.24, 2.45) is 11.7 Å². The third-order valence-electron chi connectivity index (χ3n) is 5.84. The Morgan fingerprint density at radius 2 is 1.87 bits per heavy atom. The van der Waals surface area contributed by atoms with E-state index in [1.165, 1.54) is 0 Å². The van der Waals surface area contributed by atoms with Gasteiger partial charge in [-0.3, -0.25) is 4.79 Å². The maximum Gasteiger partial charge on any atom is 0.254 e. The smallest absolute Gasteiger partial charge is 0.254 e. The van der Waals surface area contributed by atoms with Crippen molar-refractivity contribution in [1.29, 1.82) is 0 Å². The maximum absolute atomic E-state index is 13.6. The summed E-state index contributed by atoms with van der Waals surface area (Å²) >= 11 is 0. The van der Waals surface area contributed by atoms with Crippen LogP contribution in [0, 0.1) is 5.92 Å². The topological polar surface area (TPSA) is 77.0 Å². The molecule has 1 fully saturated rings. The summed E-state index contributed by atoms with van der Waals surface area (Å²) in [6, 6.07) is 12.2. The number of carbonyl (C=O) groups excluding carboxylic acids is 1. The van der Waals surface area contributed by atoms with Crippen molar-refractivity contribution in [3.8, 4) is 11.3 Å². The number of likely N-dealkylation sites (tertiary alicyclic amines) is 1. The van der Waals surface area contributed by atoms with E-state index < -0.39 is 0 Å². The molecule has 2 aromatic heterocycles. The van der Waals surface area contributed by atoms with E-state index in [-0.39, 0.29) is 42.8 Å². The number of carbonyl (C=O) groups is 1. The first kappa shape index (κ1) is 25.1. The van der Waals surface area contributed by atoms with Gasteiger partial charge in [-0.1, -0.05) is 30.3 Å². The van der Waals surface area contributed by atoms with E-state index >= 15 is 0 Å². The summed E-state index contributed by atoms with van der Waals surface area (Å²) < 4.78 is 1.89. The highest BCUT2D eigenvalue weighted by Crippen LogP contribution is 2.28. The summed E-state index contributed by atoms with van der Waals surface area (Å²) in [7, 11) is 0. The van der Waals surface area contributed by atoms with Crippen LogP contribution in [0.1, 0.15) is 50.0 Å². The summed E-state index contributed by atoms with van der Waals surface area (Å²) in [5, 5.41) is 5.34. The average molecular weight is 464 g/mol. The van der Waals surface area contributed by atoms with Crippen molar-refractivity contribution < 1.29 is 4.79 Å². The first-order valence-corrected chi connectivity index (χ1v) is 10.4. The molecule has 8 heteroatoms. The Morgan fingerprint density at radius 3 is 2.52 bits per heavy atom. The zero-order valence-electron chi connectivity index (χ0n) is 18.2.